The van der Waals surface area contributed by atoms with E-state index in [0.717, 1.165) is 76.2 Å². The van der Waals surface area contributed by atoms with Crippen LogP contribution in [0.5, 0.6) is 0 Å². The van der Waals surface area contributed by atoms with Crippen LogP contribution in [0.4, 0.5) is 0 Å². The summed E-state index contributed by atoms with van der Waals surface area (Å²) in [5.41, 5.74) is 1.79. The van der Waals surface area contributed by atoms with Gasteiger partial charge < -0.3 is 19.6 Å². The quantitative estimate of drug-likeness (QED) is 0.864. The highest BCUT2D eigenvalue weighted by Gasteiger charge is 2.40. The Bertz CT molecular complexity index is 636. The van der Waals surface area contributed by atoms with E-state index in [-0.39, 0.29) is 18.0 Å². The normalized spacial score (nSPS) is 30.2. The molecule has 138 valence electrons. The summed E-state index contributed by atoms with van der Waals surface area (Å²) in [6, 6.07) is -0.0672. The molecule has 25 heavy (non-hydrogen) atoms. The van der Waals surface area contributed by atoms with Gasteiger partial charge in [0.05, 0.1) is 30.9 Å². The minimum atomic E-state index is -0.523. The van der Waals surface area contributed by atoms with Gasteiger partial charge >= 0.3 is 0 Å². The van der Waals surface area contributed by atoms with Gasteiger partial charge in [-0.15, -0.1) is 0 Å². The molecule has 3 atom stereocenters. The van der Waals surface area contributed by atoms with Crippen molar-refractivity contribution in [2.24, 2.45) is 0 Å². The van der Waals surface area contributed by atoms with Gasteiger partial charge in [0.2, 0.25) is 0 Å². The third-order valence-electron chi connectivity index (χ3n) is 5.99. The average Bonchev–Trinajstić information content (AvgIpc) is 3.15. The molecule has 0 unspecified atom stereocenters. The topological polar surface area (TPSA) is 74.9 Å². The first kappa shape index (κ1) is 17.1. The first-order valence-corrected chi connectivity index (χ1v) is 9.57. The third kappa shape index (κ3) is 3.23. The van der Waals surface area contributed by atoms with E-state index in [0.29, 0.717) is 11.3 Å². The number of carbonyl (C=O) groups excluding carboxylic acids is 1. The van der Waals surface area contributed by atoms with Gasteiger partial charge in [0, 0.05) is 31.1 Å². The number of aliphatic hydroxyl groups is 1. The van der Waals surface area contributed by atoms with Gasteiger partial charge in [0.1, 0.15) is 11.5 Å². The van der Waals surface area contributed by atoms with Crippen molar-refractivity contribution in [3.63, 3.8) is 0 Å². The van der Waals surface area contributed by atoms with E-state index in [4.69, 9.17) is 9.15 Å². The maximum Gasteiger partial charge on any atom is 0.255 e. The lowest BCUT2D eigenvalue weighted by Crippen LogP contribution is -2.51. The minimum Gasteiger partial charge on any atom is -0.465 e. The molecule has 1 amide bonds. The van der Waals surface area contributed by atoms with Crippen molar-refractivity contribution in [1.29, 1.82) is 0 Å². The lowest BCUT2D eigenvalue weighted by Gasteiger charge is -2.34. The van der Waals surface area contributed by atoms with Gasteiger partial charge in [-0.3, -0.25) is 9.69 Å². The number of rotatable bonds is 3. The monoisotopic (exact) mass is 348 g/mol. The molecule has 1 aromatic heterocycles. The molecule has 0 radical (unpaired) electrons. The smallest absolute Gasteiger partial charge is 0.255 e. The van der Waals surface area contributed by atoms with Crippen molar-refractivity contribution in [1.82, 2.24) is 10.2 Å². The molecule has 6 nitrogen and oxygen atoms in total. The van der Waals surface area contributed by atoms with Crippen molar-refractivity contribution in [2.75, 3.05) is 26.3 Å². The van der Waals surface area contributed by atoms with E-state index in [1.807, 2.05) is 6.92 Å². The zero-order valence-corrected chi connectivity index (χ0v) is 14.9. The van der Waals surface area contributed by atoms with Gasteiger partial charge in [-0.25, -0.2) is 0 Å². The van der Waals surface area contributed by atoms with Crippen molar-refractivity contribution in [2.45, 2.75) is 63.6 Å². The number of fused-ring (bicyclic) bond motifs is 1. The number of hydrogen-bond acceptors (Lipinski definition) is 5. The van der Waals surface area contributed by atoms with Gasteiger partial charge in [-0.1, -0.05) is 0 Å². The van der Waals surface area contributed by atoms with E-state index in [1.54, 1.807) is 0 Å². The summed E-state index contributed by atoms with van der Waals surface area (Å²) in [4.78, 5) is 15.2. The van der Waals surface area contributed by atoms with E-state index >= 15 is 0 Å². The molecule has 3 aliphatic rings. The molecule has 0 spiro atoms. The van der Waals surface area contributed by atoms with Crippen LogP contribution in [0.1, 0.15) is 53.1 Å². The van der Waals surface area contributed by atoms with E-state index in [9.17, 15) is 9.90 Å². The number of furan rings is 1. The van der Waals surface area contributed by atoms with Crippen LogP contribution in [0.2, 0.25) is 0 Å². The van der Waals surface area contributed by atoms with Crippen LogP contribution in [0.3, 0.4) is 0 Å². The molecule has 2 heterocycles. The molecule has 6 heteroatoms. The molecule has 2 aliphatic carbocycles. The zero-order valence-electron chi connectivity index (χ0n) is 14.9. The number of hydrogen-bond donors (Lipinski definition) is 2. The maximum absolute atomic E-state index is 12.9. The fraction of sp³-hybridized carbons (Fsp3) is 0.737. The molecule has 1 saturated carbocycles. The first-order valence-electron chi connectivity index (χ1n) is 9.57. The summed E-state index contributed by atoms with van der Waals surface area (Å²) in [7, 11) is 0. The number of carbonyl (C=O) groups is 1. The van der Waals surface area contributed by atoms with Gasteiger partial charge in [0.25, 0.3) is 5.91 Å². The number of amides is 1. The predicted molar refractivity (Wildman–Crippen MR) is 92.8 cm³/mol. The molecule has 0 aromatic carbocycles. The zero-order chi connectivity index (χ0) is 17.4. The third-order valence-corrected chi connectivity index (χ3v) is 5.99. The number of nitrogens with one attached hydrogen (secondary N) is 1. The van der Waals surface area contributed by atoms with Crippen LogP contribution in [-0.2, 0) is 17.6 Å². The highest BCUT2D eigenvalue weighted by Crippen LogP contribution is 2.31. The molecule has 1 saturated heterocycles. The summed E-state index contributed by atoms with van der Waals surface area (Å²) in [5, 5.41) is 13.8. The number of nitrogens with zero attached hydrogens (tertiary/aromatic N) is 1. The number of aliphatic hydroxyl groups excluding tert-OH is 1. The lowest BCUT2D eigenvalue weighted by molar-refractivity contribution is -0.0154. The fourth-order valence-electron chi connectivity index (χ4n) is 4.67. The molecule has 1 aromatic rings. The molecular formula is C19H28N2O4. The summed E-state index contributed by atoms with van der Waals surface area (Å²) < 4.78 is 11.2. The molecule has 1 aliphatic heterocycles. The van der Waals surface area contributed by atoms with Crippen LogP contribution in [0, 0.1) is 6.92 Å². The van der Waals surface area contributed by atoms with Crippen molar-refractivity contribution >= 4 is 5.91 Å². The van der Waals surface area contributed by atoms with Crippen molar-refractivity contribution in [3.8, 4) is 0 Å². The lowest BCUT2D eigenvalue weighted by atomic mass is 9.94. The number of ether oxygens (including phenoxy) is 1. The minimum absolute atomic E-state index is 0.0870. The second-order valence-electron chi connectivity index (χ2n) is 7.51. The van der Waals surface area contributed by atoms with Crippen LogP contribution >= 0.6 is 0 Å². The highest BCUT2D eigenvalue weighted by molar-refractivity contribution is 5.97. The summed E-state index contributed by atoms with van der Waals surface area (Å²) >= 11 is 0. The van der Waals surface area contributed by atoms with Crippen molar-refractivity contribution in [3.05, 3.63) is 22.6 Å². The Morgan fingerprint density at radius 2 is 1.96 bits per heavy atom. The molecule has 4 rings (SSSR count). The second kappa shape index (κ2) is 7.09. The predicted octanol–water partition coefficient (Wildman–Crippen LogP) is 1.42. The Morgan fingerprint density at radius 3 is 2.76 bits per heavy atom. The van der Waals surface area contributed by atoms with Crippen LogP contribution in [-0.4, -0.2) is 60.4 Å². The second-order valence-corrected chi connectivity index (χ2v) is 7.51. The SMILES string of the molecule is Cc1oc2c(c1C(=O)N[C@@H]1CC[C@@H](N3CCOCC3)[C@@H]1O)CCCC2. The number of morpholine rings is 1. The maximum atomic E-state index is 12.9. The molecular weight excluding hydrogens is 320 g/mol. The van der Waals surface area contributed by atoms with Gasteiger partial charge in [-0.2, -0.15) is 0 Å². The summed E-state index contributed by atoms with van der Waals surface area (Å²) in [5.74, 6) is 1.60. The van der Waals surface area contributed by atoms with E-state index in [1.165, 1.54) is 0 Å². The Hall–Kier alpha value is -1.37. The molecule has 2 fully saturated rings. The average molecular weight is 348 g/mol. The first-order chi connectivity index (χ1) is 12.1. The van der Waals surface area contributed by atoms with Crippen molar-refractivity contribution < 1.29 is 19.1 Å². The van der Waals surface area contributed by atoms with Crippen LogP contribution in [0.25, 0.3) is 0 Å². The molecule has 0 bridgehead atoms. The standard InChI is InChI=1S/C19H28N2O4/c1-12-17(13-4-2-3-5-16(13)25-12)19(23)20-14-6-7-15(18(14)22)21-8-10-24-11-9-21/h14-15,18,22H,2-11H2,1H3,(H,20,23)/t14-,15-,18-/m1/s1. The summed E-state index contributed by atoms with van der Waals surface area (Å²) in [6.45, 7) is 5.03. The summed E-state index contributed by atoms with van der Waals surface area (Å²) in [6.07, 6.45) is 5.28. The fourth-order valence-corrected chi connectivity index (χ4v) is 4.67. The Labute approximate surface area is 148 Å². The Morgan fingerprint density at radius 1 is 1.20 bits per heavy atom. The van der Waals surface area contributed by atoms with Crippen LogP contribution in [0.15, 0.2) is 4.42 Å². The van der Waals surface area contributed by atoms with E-state index < -0.39 is 6.10 Å². The largest absolute Gasteiger partial charge is 0.465 e. The Balaban J connectivity index is 1.44. The van der Waals surface area contributed by atoms with Crippen LogP contribution < -0.4 is 5.32 Å². The number of aryl methyl sites for hydroxylation is 2. The molecule has 2 N–H and O–H groups in total. The van der Waals surface area contributed by atoms with E-state index in [2.05, 4.69) is 10.2 Å². The van der Waals surface area contributed by atoms with Gasteiger partial charge in [0.15, 0.2) is 0 Å². The van der Waals surface area contributed by atoms with Gasteiger partial charge in [-0.05, 0) is 39.0 Å². The highest BCUT2D eigenvalue weighted by atomic mass is 16.5. The Kier molecular flexibility index (Phi) is 4.84.